The summed E-state index contributed by atoms with van der Waals surface area (Å²) in [7, 11) is 0. The topological polar surface area (TPSA) is 69.2 Å². The van der Waals surface area contributed by atoms with Gasteiger partial charge >= 0.3 is 0 Å². The zero-order chi connectivity index (χ0) is 11.4. The highest BCUT2D eigenvalue weighted by Crippen LogP contribution is 2.10. The SMILES string of the molecule is CC(NC(=O)c1ccc(Br)cc1)C(=O)[O-]. The Hall–Kier alpha value is -1.36. The predicted molar refractivity (Wildman–Crippen MR) is 56.1 cm³/mol. The van der Waals surface area contributed by atoms with Gasteiger partial charge in [0, 0.05) is 10.0 Å². The monoisotopic (exact) mass is 270 g/mol. The van der Waals surface area contributed by atoms with Gasteiger partial charge in [-0.2, -0.15) is 0 Å². The molecule has 5 heteroatoms. The van der Waals surface area contributed by atoms with E-state index in [9.17, 15) is 14.7 Å². The summed E-state index contributed by atoms with van der Waals surface area (Å²) < 4.78 is 0.854. The van der Waals surface area contributed by atoms with E-state index < -0.39 is 17.9 Å². The maximum absolute atomic E-state index is 11.5. The molecule has 1 aromatic rings. The summed E-state index contributed by atoms with van der Waals surface area (Å²) in [4.78, 5) is 21.8. The van der Waals surface area contributed by atoms with Crippen LogP contribution >= 0.6 is 15.9 Å². The van der Waals surface area contributed by atoms with Crippen LogP contribution in [0.15, 0.2) is 28.7 Å². The van der Waals surface area contributed by atoms with Crippen LogP contribution in [0.5, 0.6) is 0 Å². The second kappa shape index (κ2) is 4.93. The van der Waals surface area contributed by atoms with Gasteiger partial charge in [-0.25, -0.2) is 0 Å². The molecule has 0 aromatic heterocycles. The van der Waals surface area contributed by atoms with Crippen molar-refractivity contribution in [2.24, 2.45) is 0 Å². The van der Waals surface area contributed by atoms with Crippen LogP contribution in [-0.4, -0.2) is 17.9 Å². The second-order valence-corrected chi connectivity index (χ2v) is 3.94. The number of benzene rings is 1. The lowest BCUT2D eigenvalue weighted by atomic mass is 10.2. The van der Waals surface area contributed by atoms with Crippen molar-refractivity contribution in [2.75, 3.05) is 0 Å². The molecule has 1 N–H and O–H groups in total. The molecule has 1 atom stereocenters. The quantitative estimate of drug-likeness (QED) is 0.860. The number of nitrogens with one attached hydrogen (secondary N) is 1. The third-order valence-corrected chi connectivity index (χ3v) is 2.34. The van der Waals surface area contributed by atoms with Crippen molar-refractivity contribution < 1.29 is 14.7 Å². The van der Waals surface area contributed by atoms with Crippen LogP contribution in [0.3, 0.4) is 0 Å². The van der Waals surface area contributed by atoms with Gasteiger partial charge in [-0.3, -0.25) is 4.79 Å². The first-order chi connectivity index (χ1) is 7.00. The van der Waals surface area contributed by atoms with E-state index in [1.54, 1.807) is 24.3 Å². The summed E-state index contributed by atoms with van der Waals surface area (Å²) in [5.41, 5.74) is 0.409. The van der Waals surface area contributed by atoms with Gasteiger partial charge in [-0.15, -0.1) is 0 Å². The molecule has 0 spiro atoms. The second-order valence-electron chi connectivity index (χ2n) is 3.02. The van der Waals surface area contributed by atoms with Gasteiger partial charge in [0.15, 0.2) is 0 Å². The first-order valence-corrected chi connectivity index (χ1v) is 5.07. The normalized spacial score (nSPS) is 11.9. The number of amides is 1. The molecular formula is C10H9BrNO3-. The lowest BCUT2D eigenvalue weighted by molar-refractivity contribution is -0.307. The summed E-state index contributed by atoms with van der Waals surface area (Å²) in [6, 6.07) is 5.61. The zero-order valence-corrected chi connectivity index (χ0v) is 9.58. The minimum atomic E-state index is -1.31. The Morgan fingerprint density at radius 3 is 2.33 bits per heavy atom. The van der Waals surface area contributed by atoms with Crippen molar-refractivity contribution in [2.45, 2.75) is 13.0 Å². The van der Waals surface area contributed by atoms with E-state index in [0.717, 1.165) is 4.47 Å². The van der Waals surface area contributed by atoms with E-state index in [1.165, 1.54) is 6.92 Å². The van der Waals surface area contributed by atoms with Crippen LogP contribution in [0.4, 0.5) is 0 Å². The van der Waals surface area contributed by atoms with E-state index >= 15 is 0 Å². The minimum absolute atomic E-state index is 0.409. The number of carbonyl (C=O) groups is 2. The fourth-order valence-corrected chi connectivity index (χ4v) is 1.20. The van der Waals surface area contributed by atoms with Crippen LogP contribution in [0.25, 0.3) is 0 Å². The molecule has 0 saturated carbocycles. The Morgan fingerprint density at radius 2 is 1.87 bits per heavy atom. The molecule has 1 amide bonds. The maximum atomic E-state index is 11.5. The number of halogens is 1. The number of carboxylic acids is 1. The summed E-state index contributed by atoms with van der Waals surface area (Å²) in [5.74, 6) is -1.74. The number of carbonyl (C=O) groups excluding carboxylic acids is 2. The highest BCUT2D eigenvalue weighted by atomic mass is 79.9. The van der Waals surface area contributed by atoms with Crippen LogP contribution in [0.2, 0.25) is 0 Å². The molecule has 0 saturated heterocycles. The Bertz CT molecular complexity index is 375. The smallest absolute Gasteiger partial charge is 0.251 e. The minimum Gasteiger partial charge on any atom is -0.548 e. The van der Waals surface area contributed by atoms with Gasteiger partial charge in [0.2, 0.25) is 0 Å². The lowest BCUT2D eigenvalue weighted by Gasteiger charge is -2.14. The highest BCUT2D eigenvalue weighted by molar-refractivity contribution is 9.10. The molecule has 1 unspecified atom stereocenters. The first kappa shape index (κ1) is 11.7. The number of carboxylic acid groups (broad SMARTS) is 1. The van der Waals surface area contributed by atoms with Crippen LogP contribution in [0.1, 0.15) is 17.3 Å². The van der Waals surface area contributed by atoms with Gasteiger partial charge in [0.1, 0.15) is 0 Å². The van der Waals surface area contributed by atoms with E-state index in [2.05, 4.69) is 21.2 Å². The molecule has 1 rings (SSSR count). The van der Waals surface area contributed by atoms with Crippen molar-refractivity contribution >= 4 is 27.8 Å². The molecule has 0 bridgehead atoms. The van der Waals surface area contributed by atoms with Crippen molar-refractivity contribution in [1.29, 1.82) is 0 Å². The van der Waals surface area contributed by atoms with E-state index in [0.29, 0.717) is 5.56 Å². The molecule has 80 valence electrons. The fraction of sp³-hybridized carbons (Fsp3) is 0.200. The molecular weight excluding hydrogens is 262 g/mol. The Balaban J connectivity index is 2.69. The zero-order valence-electron chi connectivity index (χ0n) is 7.99. The summed E-state index contributed by atoms with van der Waals surface area (Å²) in [5, 5.41) is 12.7. The van der Waals surface area contributed by atoms with Gasteiger partial charge < -0.3 is 15.2 Å². The average Bonchev–Trinajstić information content (AvgIpc) is 2.18. The van der Waals surface area contributed by atoms with Crippen LogP contribution in [-0.2, 0) is 4.79 Å². The number of hydrogen-bond acceptors (Lipinski definition) is 3. The Kier molecular flexibility index (Phi) is 3.85. The molecule has 4 nitrogen and oxygen atoms in total. The van der Waals surface area contributed by atoms with Gasteiger partial charge in [0.05, 0.1) is 12.0 Å². The first-order valence-electron chi connectivity index (χ1n) is 4.28. The van der Waals surface area contributed by atoms with E-state index in [-0.39, 0.29) is 0 Å². The molecule has 0 aliphatic carbocycles. The molecule has 0 aliphatic rings. The van der Waals surface area contributed by atoms with Crippen molar-refractivity contribution in [3.63, 3.8) is 0 Å². The van der Waals surface area contributed by atoms with E-state index in [4.69, 9.17) is 0 Å². The number of rotatable bonds is 3. The number of aliphatic carboxylic acids is 1. The third-order valence-electron chi connectivity index (χ3n) is 1.81. The fourth-order valence-electron chi connectivity index (χ4n) is 0.940. The van der Waals surface area contributed by atoms with Crippen LogP contribution in [0, 0.1) is 0 Å². The largest absolute Gasteiger partial charge is 0.548 e. The Labute approximate surface area is 95.4 Å². The van der Waals surface area contributed by atoms with Crippen molar-refractivity contribution in [3.8, 4) is 0 Å². The molecule has 0 fully saturated rings. The van der Waals surface area contributed by atoms with Gasteiger partial charge in [-0.05, 0) is 31.2 Å². The number of hydrogen-bond donors (Lipinski definition) is 1. The molecule has 1 aromatic carbocycles. The summed E-state index contributed by atoms with van der Waals surface area (Å²) >= 11 is 3.23. The predicted octanol–water partition coefficient (Wildman–Crippen LogP) is 0.317. The summed E-state index contributed by atoms with van der Waals surface area (Å²) in [6.07, 6.45) is 0. The molecule has 0 heterocycles. The molecule has 0 radical (unpaired) electrons. The summed E-state index contributed by atoms with van der Waals surface area (Å²) in [6.45, 7) is 1.35. The Morgan fingerprint density at radius 1 is 1.33 bits per heavy atom. The lowest BCUT2D eigenvalue weighted by Crippen LogP contribution is -2.45. The van der Waals surface area contributed by atoms with Crippen molar-refractivity contribution in [3.05, 3.63) is 34.3 Å². The van der Waals surface area contributed by atoms with Gasteiger partial charge in [0.25, 0.3) is 5.91 Å². The van der Waals surface area contributed by atoms with E-state index in [1.807, 2.05) is 0 Å². The molecule has 0 aliphatic heterocycles. The molecule has 15 heavy (non-hydrogen) atoms. The van der Waals surface area contributed by atoms with Crippen molar-refractivity contribution in [1.82, 2.24) is 5.32 Å². The van der Waals surface area contributed by atoms with Gasteiger partial charge in [-0.1, -0.05) is 15.9 Å². The third kappa shape index (κ3) is 3.36. The average molecular weight is 271 g/mol. The standard InChI is InChI=1S/C10H10BrNO3/c1-6(10(14)15)12-9(13)7-2-4-8(11)5-3-7/h2-6H,1H3,(H,12,13)(H,14,15)/p-1. The highest BCUT2D eigenvalue weighted by Gasteiger charge is 2.09. The maximum Gasteiger partial charge on any atom is 0.251 e. The van der Waals surface area contributed by atoms with Crippen LogP contribution < -0.4 is 10.4 Å².